The smallest absolute Gasteiger partial charge is 0.409 e. The highest BCUT2D eigenvalue weighted by Gasteiger charge is 2.25. The van der Waals surface area contributed by atoms with Gasteiger partial charge in [-0.15, -0.1) is 0 Å². The molecule has 0 bridgehead atoms. The van der Waals surface area contributed by atoms with Crippen molar-refractivity contribution in [3.63, 3.8) is 0 Å². The number of ether oxygens (including phenoxy) is 2. The second-order valence-corrected chi connectivity index (χ2v) is 5.98. The van der Waals surface area contributed by atoms with E-state index in [4.69, 9.17) is 9.47 Å². The minimum Gasteiger partial charge on any atom is -0.493 e. The molecule has 0 aromatic heterocycles. The van der Waals surface area contributed by atoms with Gasteiger partial charge < -0.3 is 19.3 Å². The van der Waals surface area contributed by atoms with E-state index >= 15 is 0 Å². The number of carbonyl (C=O) groups is 2. The Balaban J connectivity index is 1.90. The molecule has 1 heterocycles. The monoisotopic (exact) mass is 320 g/mol. The number of nitrogens with zero attached hydrogens (tertiary/aromatic N) is 2. The van der Waals surface area contributed by atoms with E-state index in [0.29, 0.717) is 44.3 Å². The third-order valence-electron chi connectivity index (χ3n) is 3.68. The van der Waals surface area contributed by atoms with Crippen molar-refractivity contribution in [3.05, 3.63) is 29.8 Å². The molecule has 0 atom stereocenters. The van der Waals surface area contributed by atoms with Gasteiger partial charge in [-0.3, -0.25) is 4.79 Å². The number of carbonyl (C=O) groups excluding carboxylic acids is 2. The number of hydrogen-bond acceptors (Lipinski definition) is 4. The summed E-state index contributed by atoms with van der Waals surface area (Å²) >= 11 is 0. The minimum atomic E-state index is -0.344. The molecule has 0 aliphatic carbocycles. The van der Waals surface area contributed by atoms with Gasteiger partial charge in [0.1, 0.15) is 5.75 Å². The van der Waals surface area contributed by atoms with Crippen molar-refractivity contribution in [2.24, 2.45) is 5.92 Å². The molecule has 6 nitrogen and oxygen atoms in total. The third-order valence-corrected chi connectivity index (χ3v) is 3.68. The Hall–Kier alpha value is -2.24. The fraction of sp³-hybridized carbons (Fsp3) is 0.529. The first-order valence-corrected chi connectivity index (χ1v) is 7.86. The number of rotatable bonds is 4. The highest BCUT2D eigenvalue weighted by atomic mass is 16.5. The van der Waals surface area contributed by atoms with Crippen molar-refractivity contribution in [3.8, 4) is 5.75 Å². The number of amides is 2. The van der Waals surface area contributed by atoms with E-state index in [1.54, 1.807) is 21.9 Å². The van der Waals surface area contributed by atoms with Gasteiger partial charge in [0.25, 0.3) is 5.91 Å². The second kappa shape index (κ2) is 7.85. The summed E-state index contributed by atoms with van der Waals surface area (Å²) in [4.78, 5) is 27.3. The Bertz CT molecular complexity index is 534. The molecule has 1 aromatic carbocycles. The maximum absolute atomic E-state index is 12.5. The van der Waals surface area contributed by atoms with Gasteiger partial charge in [0, 0.05) is 31.7 Å². The molecule has 0 spiro atoms. The predicted octanol–water partition coefficient (Wildman–Crippen LogP) is 2.25. The summed E-state index contributed by atoms with van der Waals surface area (Å²) in [5.74, 6) is 1.21. The van der Waals surface area contributed by atoms with Crippen molar-refractivity contribution in [1.82, 2.24) is 9.80 Å². The molecule has 6 heteroatoms. The van der Waals surface area contributed by atoms with Crippen molar-refractivity contribution in [2.75, 3.05) is 39.9 Å². The number of hydrogen-bond donors (Lipinski definition) is 0. The first kappa shape index (κ1) is 17.1. The minimum absolute atomic E-state index is 0.0232. The quantitative estimate of drug-likeness (QED) is 0.854. The maximum Gasteiger partial charge on any atom is 0.409 e. The molecule has 2 amide bonds. The molecule has 1 fully saturated rings. The zero-order chi connectivity index (χ0) is 16.8. The van der Waals surface area contributed by atoms with Gasteiger partial charge in [-0.05, 0) is 30.2 Å². The van der Waals surface area contributed by atoms with E-state index in [0.717, 1.165) is 5.75 Å². The number of piperazine rings is 1. The lowest BCUT2D eigenvalue weighted by Gasteiger charge is -2.33. The van der Waals surface area contributed by atoms with Crippen LogP contribution in [-0.2, 0) is 4.74 Å². The molecule has 23 heavy (non-hydrogen) atoms. The number of methoxy groups -OCH3 is 1. The third kappa shape index (κ3) is 4.61. The lowest BCUT2D eigenvalue weighted by Crippen LogP contribution is -2.50. The standard InChI is InChI=1S/C17H24N2O4/c1-13(2)12-23-15-6-4-14(5-7-15)16(20)18-8-10-19(11-9-18)17(21)22-3/h4-7,13H,8-12H2,1-3H3. The van der Waals surface area contributed by atoms with Crippen LogP contribution in [-0.4, -0.2) is 61.7 Å². The normalized spacial score (nSPS) is 14.8. The van der Waals surface area contributed by atoms with Crippen LogP contribution in [0.25, 0.3) is 0 Å². The molecule has 0 radical (unpaired) electrons. The molecule has 126 valence electrons. The van der Waals surface area contributed by atoms with Crippen molar-refractivity contribution >= 4 is 12.0 Å². The van der Waals surface area contributed by atoms with Crippen LogP contribution in [0.3, 0.4) is 0 Å². The maximum atomic E-state index is 12.5. The van der Waals surface area contributed by atoms with E-state index in [9.17, 15) is 9.59 Å². The van der Waals surface area contributed by atoms with Crippen LogP contribution < -0.4 is 4.74 Å². The Labute approximate surface area is 137 Å². The van der Waals surface area contributed by atoms with Gasteiger partial charge in [0.05, 0.1) is 13.7 Å². The molecule has 1 aliphatic rings. The van der Waals surface area contributed by atoms with Crippen LogP contribution >= 0.6 is 0 Å². The summed E-state index contributed by atoms with van der Waals surface area (Å²) in [6, 6.07) is 7.20. The molecule has 1 aliphatic heterocycles. The fourth-order valence-corrected chi connectivity index (χ4v) is 2.36. The summed E-state index contributed by atoms with van der Waals surface area (Å²) in [6.07, 6.45) is -0.344. The molecule has 0 unspecified atom stereocenters. The summed E-state index contributed by atoms with van der Waals surface area (Å²) in [7, 11) is 1.36. The van der Waals surface area contributed by atoms with Crippen molar-refractivity contribution < 1.29 is 19.1 Å². The van der Waals surface area contributed by atoms with Crippen LogP contribution in [0.4, 0.5) is 4.79 Å². The summed E-state index contributed by atoms with van der Waals surface area (Å²) in [6.45, 7) is 6.85. The molecule has 1 aromatic rings. The van der Waals surface area contributed by atoms with Gasteiger partial charge in [-0.25, -0.2) is 4.79 Å². The fourth-order valence-electron chi connectivity index (χ4n) is 2.36. The topological polar surface area (TPSA) is 59.1 Å². The summed E-state index contributed by atoms with van der Waals surface area (Å²) in [5, 5.41) is 0. The average Bonchev–Trinajstić information content (AvgIpc) is 2.59. The van der Waals surface area contributed by atoms with Crippen LogP contribution in [0.15, 0.2) is 24.3 Å². The Morgan fingerprint density at radius 3 is 2.13 bits per heavy atom. The number of benzene rings is 1. The Morgan fingerprint density at radius 2 is 1.61 bits per heavy atom. The van der Waals surface area contributed by atoms with E-state index < -0.39 is 0 Å². The first-order valence-electron chi connectivity index (χ1n) is 7.86. The molecule has 2 rings (SSSR count). The van der Waals surface area contributed by atoms with Gasteiger partial charge in [-0.1, -0.05) is 13.8 Å². The second-order valence-electron chi connectivity index (χ2n) is 5.98. The van der Waals surface area contributed by atoms with Crippen molar-refractivity contribution in [2.45, 2.75) is 13.8 Å². The van der Waals surface area contributed by atoms with E-state index in [-0.39, 0.29) is 12.0 Å². The molecular formula is C17H24N2O4. The van der Waals surface area contributed by atoms with Crippen molar-refractivity contribution in [1.29, 1.82) is 0 Å². The summed E-state index contributed by atoms with van der Waals surface area (Å²) < 4.78 is 10.3. The van der Waals surface area contributed by atoms with Gasteiger partial charge >= 0.3 is 6.09 Å². The molecule has 1 saturated heterocycles. The van der Waals surface area contributed by atoms with Crippen LogP contribution in [0.2, 0.25) is 0 Å². The van der Waals surface area contributed by atoms with Gasteiger partial charge in [0.15, 0.2) is 0 Å². The highest BCUT2D eigenvalue weighted by molar-refractivity contribution is 5.94. The lowest BCUT2D eigenvalue weighted by atomic mass is 10.1. The molecule has 0 N–H and O–H groups in total. The largest absolute Gasteiger partial charge is 0.493 e. The van der Waals surface area contributed by atoms with Crippen LogP contribution in [0, 0.1) is 5.92 Å². The lowest BCUT2D eigenvalue weighted by molar-refractivity contribution is 0.0599. The highest BCUT2D eigenvalue weighted by Crippen LogP contribution is 2.15. The predicted molar refractivity (Wildman–Crippen MR) is 86.7 cm³/mol. The van der Waals surface area contributed by atoms with Crippen LogP contribution in [0.1, 0.15) is 24.2 Å². The van der Waals surface area contributed by atoms with Crippen LogP contribution in [0.5, 0.6) is 5.75 Å². The molecular weight excluding hydrogens is 296 g/mol. The molecule has 0 saturated carbocycles. The van der Waals surface area contributed by atoms with E-state index in [1.807, 2.05) is 12.1 Å². The average molecular weight is 320 g/mol. The van der Waals surface area contributed by atoms with E-state index in [1.165, 1.54) is 7.11 Å². The van der Waals surface area contributed by atoms with Gasteiger partial charge in [0.2, 0.25) is 0 Å². The van der Waals surface area contributed by atoms with E-state index in [2.05, 4.69) is 13.8 Å². The zero-order valence-electron chi connectivity index (χ0n) is 13.9. The Kier molecular flexibility index (Phi) is 5.84. The first-order chi connectivity index (χ1) is 11.0. The zero-order valence-corrected chi connectivity index (χ0v) is 13.9. The Morgan fingerprint density at radius 1 is 1.04 bits per heavy atom. The van der Waals surface area contributed by atoms with Gasteiger partial charge in [-0.2, -0.15) is 0 Å². The SMILES string of the molecule is COC(=O)N1CCN(C(=O)c2ccc(OCC(C)C)cc2)CC1. The summed E-state index contributed by atoms with van der Waals surface area (Å²) in [5.41, 5.74) is 0.633.